The first-order chi connectivity index (χ1) is 9.42. The van der Waals surface area contributed by atoms with Crippen molar-refractivity contribution in [2.24, 2.45) is 0 Å². The highest BCUT2D eigenvalue weighted by molar-refractivity contribution is 5.79. The third-order valence-electron chi connectivity index (χ3n) is 3.66. The smallest absolute Gasteiger partial charge is 0.121 e. The largest absolute Gasteiger partial charge is 0.493 e. The van der Waals surface area contributed by atoms with Crippen molar-refractivity contribution < 1.29 is 4.74 Å². The fourth-order valence-electron chi connectivity index (χ4n) is 2.62. The lowest BCUT2D eigenvalue weighted by Crippen LogP contribution is -2.21. The van der Waals surface area contributed by atoms with E-state index in [9.17, 15) is 0 Å². The lowest BCUT2D eigenvalue weighted by molar-refractivity contribution is 0.263. The SMILES string of the molecule is c1cnc2cc(OCCCN3CCCC3)ccc2c1. The molecule has 1 aliphatic rings. The van der Waals surface area contributed by atoms with Crippen LogP contribution in [0, 0.1) is 0 Å². The monoisotopic (exact) mass is 256 g/mol. The zero-order valence-corrected chi connectivity index (χ0v) is 11.2. The molecule has 0 amide bonds. The van der Waals surface area contributed by atoms with Crippen molar-refractivity contribution in [1.82, 2.24) is 9.88 Å². The van der Waals surface area contributed by atoms with Crippen molar-refractivity contribution in [2.45, 2.75) is 19.3 Å². The van der Waals surface area contributed by atoms with Crippen LogP contribution in [0.15, 0.2) is 36.5 Å². The molecule has 1 fully saturated rings. The molecule has 0 spiro atoms. The molecule has 1 aliphatic heterocycles. The Bertz CT molecular complexity index is 535. The van der Waals surface area contributed by atoms with E-state index in [2.05, 4.69) is 22.0 Å². The summed E-state index contributed by atoms with van der Waals surface area (Å²) < 4.78 is 5.81. The van der Waals surface area contributed by atoms with E-state index < -0.39 is 0 Å². The molecule has 1 aromatic heterocycles. The van der Waals surface area contributed by atoms with Gasteiger partial charge in [-0.2, -0.15) is 0 Å². The Morgan fingerprint density at radius 1 is 1.16 bits per heavy atom. The van der Waals surface area contributed by atoms with E-state index >= 15 is 0 Å². The molecule has 2 heterocycles. The van der Waals surface area contributed by atoms with Crippen LogP contribution >= 0.6 is 0 Å². The molecule has 0 atom stereocenters. The van der Waals surface area contributed by atoms with Crippen molar-refractivity contribution in [3.8, 4) is 5.75 Å². The minimum Gasteiger partial charge on any atom is -0.493 e. The molecule has 3 heteroatoms. The second kappa shape index (κ2) is 6.02. The maximum atomic E-state index is 5.81. The number of ether oxygens (including phenoxy) is 1. The van der Waals surface area contributed by atoms with Gasteiger partial charge in [-0.05, 0) is 50.6 Å². The van der Waals surface area contributed by atoms with E-state index in [1.54, 1.807) is 0 Å². The summed E-state index contributed by atoms with van der Waals surface area (Å²) in [6, 6.07) is 10.1. The van der Waals surface area contributed by atoms with Crippen molar-refractivity contribution in [2.75, 3.05) is 26.2 Å². The van der Waals surface area contributed by atoms with Gasteiger partial charge in [0.15, 0.2) is 0 Å². The molecule has 100 valence electrons. The van der Waals surface area contributed by atoms with Gasteiger partial charge in [-0.15, -0.1) is 0 Å². The van der Waals surface area contributed by atoms with Crippen LogP contribution in [0.2, 0.25) is 0 Å². The third-order valence-corrected chi connectivity index (χ3v) is 3.66. The maximum Gasteiger partial charge on any atom is 0.121 e. The van der Waals surface area contributed by atoms with Crippen molar-refractivity contribution >= 4 is 10.9 Å². The molecule has 0 aliphatic carbocycles. The Labute approximate surface area is 114 Å². The van der Waals surface area contributed by atoms with Gasteiger partial charge in [0.2, 0.25) is 0 Å². The molecule has 1 aromatic carbocycles. The molecular formula is C16H20N2O. The van der Waals surface area contributed by atoms with Crippen LogP contribution in [-0.2, 0) is 0 Å². The van der Waals surface area contributed by atoms with Crippen LogP contribution in [-0.4, -0.2) is 36.1 Å². The fraction of sp³-hybridized carbons (Fsp3) is 0.438. The summed E-state index contributed by atoms with van der Waals surface area (Å²) in [7, 11) is 0. The lowest BCUT2D eigenvalue weighted by atomic mass is 10.2. The van der Waals surface area contributed by atoms with E-state index in [-0.39, 0.29) is 0 Å². The maximum absolute atomic E-state index is 5.81. The third kappa shape index (κ3) is 3.24. The summed E-state index contributed by atoms with van der Waals surface area (Å²) in [4.78, 5) is 6.86. The minimum absolute atomic E-state index is 0.787. The number of hydrogen-bond acceptors (Lipinski definition) is 3. The van der Waals surface area contributed by atoms with Crippen molar-refractivity contribution in [3.63, 3.8) is 0 Å². The van der Waals surface area contributed by atoms with Crippen LogP contribution in [0.3, 0.4) is 0 Å². The standard InChI is InChI=1S/C16H20N2O/c1-2-10-18(9-1)11-4-12-19-15-7-6-14-5-3-8-17-16(14)13-15/h3,5-8,13H,1-2,4,9-12H2. The molecule has 0 unspecified atom stereocenters. The van der Waals surface area contributed by atoms with Gasteiger partial charge in [0, 0.05) is 24.2 Å². The molecule has 0 bridgehead atoms. The number of pyridine rings is 1. The van der Waals surface area contributed by atoms with E-state index in [1.165, 1.54) is 25.9 Å². The van der Waals surface area contributed by atoms with Crippen LogP contribution in [0.5, 0.6) is 5.75 Å². The average molecular weight is 256 g/mol. The number of benzene rings is 1. The number of likely N-dealkylation sites (tertiary alicyclic amines) is 1. The highest BCUT2D eigenvalue weighted by Gasteiger charge is 2.10. The fourth-order valence-corrected chi connectivity index (χ4v) is 2.62. The first-order valence-corrected chi connectivity index (χ1v) is 7.12. The average Bonchev–Trinajstić information content (AvgIpc) is 2.97. The first-order valence-electron chi connectivity index (χ1n) is 7.12. The Balaban J connectivity index is 1.50. The molecule has 0 N–H and O–H groups in total. The van der Waals surface area contributed by atoms with Gasteiger partial charge >= 0.3 is 0 Å². The van der Waals surface area contributed by atoms with E-state index in [4.69, 9.17) is 4.74 Å². The first kappa shape index (κ1) is 12.4. The molecule has 1 saturated heterocycles. The molecule has 3 nitrogen and oxygen atoms in total. The lowest BCUT2D eigenvalue weighted by Gasteiger charge is -2.14. The van der Waals surface area contributed by atoms with Gasteiger partial charge in [0.05, 0.1) is 12.1 Å². The van der Waals surface area contributed by atoms with Crippen molar-refractivity contribution in [3.05, 3.63) is 36.5 Å². The van der Waals surface area contributed by atoms with Gasteiger partial charge in [-0.25, -0.2) is 0 Å². The van der Waals surface area contributed by atoms with Crippen LogP contribution in [0.1, 0.15) is 19.3 Å². The Morgan fingerprint density at radius 2 is 2.05 bits per heavy atom. The molecule has 19 heavy (non-hydrogen) atoms. The van der Waals surface area contributed by atoms with Crippen LogP contribution < -0.4 is 4.74 Å². The predicted octanol–water partition coefficient (Wildman–Crippen LogP) is 3.10. The number of nitrogens with zero attached hydrogens (tertiary/aromatic N) is 2. The quantitative estimate of drug-likeness (QED) is 0.769. The molecule has 3 rings (SSSR count). The summed E-state index contributed by atoms with van der Waals surface area (Å²) in [6.07, 6.45) is 5.63. The number of aromatic nitrogens is 1. The Morgan fingerprint density at radius 3 is 2.95 bits per heavy atom. The Hall–Kier alpha value is -1.61. The minimum atomic E-state index is 0.787. The summed E-state index contributed by atoms with van der Waals surface area (Å²) in [5.74, 6) is 0.924. The predicted molar refractivity (Wildman–Crippen MR) is 77.5 cm³/mol. The van der Waals surface area contributed by atoms with Gasteiger partial charge < -0.3 is 9.64 Å². The van der Waals surface area contributed by atoms with E-state index in [0.29, 0.717) is 0 Å². The van der Waals surface area contributed by atoms with Gasteiger partial charge in [-0.3, -0.25) is 4.98 Å². The molecule has 2 aromatic rings. The zero-order valence-electron chi connectivity index (χ0n) is 11.2. The van der Waals surface area contributed by atoms with Crippen molar-refractivity contribution in [1.29, 1.82) is 0 Å². The summed E-state index contributed by atoms with van der Waals surface area (Å²) in [5.41, 5.74) is 1.000. The van der Waals surface area contributed by atoms with Crippen LogP contribution in [0.4, 0.5) is 0 Å². The zero-order chi connectivity index (χ0) is 12.9. The highest BCUT2D eigenvalue weighted by Crippen LogP contribution is 2.18. The van der Waals surface area contributed by atoms with E-state index in [1.807, 2.05) is 24.4 Å². The van der Waals surface area contributed by atoms with Gasteiger partial charge in [0.1, 0.15) is 5.75 Å². The highest BCUT2D eigenvalue weighted by atomic mass is 16.5. The molecular weight excluding hydrogens is 236 g/mol. The molecule has 0 radical (unpaired) electrons. The summed E-state index contributed by atoms with van der Waals surface area (Å²) in [5, 5.41) is 1.16. The van der Waals surface area contributed by atoms with Gasteiger partial charge in [0.25, 0.3) is 0 Å². The number of hydrogen-bond donors (Lipinski definition) is 0. The van der Waals surface area contributed by atoms with Gasteiger partial charge in [-0.1, -0.05) is 6.07 Å². The van der Waals surface area contributed by atoms with Crippen LogP contribution in [0.25, 0.3) is 10.9 Å². The van der Waals surface area contributed by atoms with E-state index in [0.717, 1.165) is 36.2 Å². The second-order valence-corrected chi connectivity index (χ2v) is 5.11. The topological polar surface area (TPSA) is 25.4 Å². The number of rotatable bonds is 5. The normalized spacial score (nSPS) is 16.0. The summed E-state index contributed by atoms with van der Waals surface area (Å²) in [6.45, 7) is 4.47. The number of fused-ring (bicyclic) bond motifs is 1. The Kier molecular flexibility index (Phi) is 3.94. The second-order valence-electron chi connectivity index (χ2n) is 5.11. The summed E-state index contributed by atoms with van der Waals surface area (Å²) >= 11 is 0. The molecule has 0 saturated carbocycles.